The molecule has 0 saturated carbocycles. The predicted molar refractivity (Wildman–Crippen MR) is 79.4 cm³/mol. The Hall–Kier alpha value is -1.90. The van der Waals surface area contributed by atoms with Crippen molar-refractivity contribution in [1.82, 2.24) is 0 Å². The van der Waals surface area contributed by atoms with Crippen LogP contribution in [0.15, 0.2) is 48.8 Å². The van der Waals surface area contributed by atoms with Gasteiger partial charge in [-0.25, -0.2) is 4.57 Å². The number of carbonyl (C=O) groups excluding carboxylic acids is 1. The van der Waals surface area contributed by atoms with Gasteiger partial charge >= 0.3 is 7.60 Å². The quantitative estimate of drug-likeness (QED) is 0.584. The summed E-state index contributed by atoms with van der Waals surface area (Å²) in [6.07, 6.45) is 0.692. The Morgan fingerprint density at radius 3 is 2.65 bits per heavy atom. The van der Waals surface area contributed by atoms with Gasteiger partial charge in [-0.1, -0.05) is 36.9 Å². The first-order valence-corrected chi connectivity index (χ1v) is 7.79. The molecule has 2 aromatic carbocycles. The number of fused-ring (bicyclic) bond motifs is 1. The number of benzene rings is 2. The number of carbonyl (C=O) groups is 1. The van der Waals surface area contributed by atoms with Gasteiger partial charge in [-0.2, -0.15) is 0 Å². The highest BCUT2D eigenvalue weighted by Crippen LogP contribution is 2.50. The topological polar surface area (TPSA) is 52.6 Å². The summed E-state index contributed by atoms with van der Waals surface area (Å²) in [7, 11) is -3.44. The predicted octanol–water partition coefficient (Wildman–Crippen LogP) is 4.40. The molecule has 5 heteroatoms. The highest BCUT2D eigenvalue weighted by molar-refractivity contribution is 7.57. The minimum Gasteiger partial charge on any atom is -0.421 e. The van der Waals surface area contributed by atoms with Crippen LogP contribution in [0.2, 0.25) is 0 Å². The van der Waals surface area contributed by atoms with Gasteiger partial charge in [0, 0.05) is 5.82 Å². The lowest BCUT2D eigenvalue weighted by molar-refractivity contribution is 0.112. The Balaban J connectivity index is 2.52. The number of hydrogen-bond acceptors (Lipinski definition) is 4. The summed E-state index contributed by atoms with van der Waals surface area (Å²) < 4.78 is 22.8. The fourth-order valence-electron chi connectivity index (χ4n) is 1.91. The lowest BCUT2D eigenvalue weighted by Gasteiger charge is -2.16. The molecule has 0 bridgehead atoms. The van der Waals surface area contributed by atoms with Gasteiger partial charge in [0.15, 0.2) is 6.29 Å². The van der Waals surface area contributed by atoms with E-state index in [0.717, 1.165) is 16.6 Å². The molecule has 0 N–H and O–H groups in total. The molecular weight excluding hydrogens is 275 g/mol. The van der Waals surface area contributed by atoms with E-state index in [2.05, 4.69) is 6.58 Å². The standard InChI is InChI=1S/C15H15O4P/c1-3-18-20(17,4-2)19-15-10-9-12-7-5-6-8-13(12)14(15)11-16/h4-11H,2-3H2,1H3. The normalized spacial score (nSPS) is 13.7. The molecule has 0 aromatic heterocycles. The van der Waals surface area contributed by atoms with Crippen LogP contribution < -0.4 is 4.52 Å². The molecule has 0 aliphatic heterocycles. The average molecular weight is 290 g/mol. The van der Waals surface area contributed by atoms with Crippen LogP contribution in [0.1, 0.15) is 17.3 Å². The summed E-state index contributed by atoms with van der Waals surface area (Å²) in [5.41, 5.74) is 0.352. The Bertz CT molecular complexity index is 693. The second kappa shape index (κ2) is 6.04. The molecule has 20 heavy (non-hydrogen) atoms. The first kappa shape index (κ1) is 14.5. The SMILES string of the molecule is C=CP(=O)(OCC)Oc1ccc2ccccc2c1C=O. The van der Waals surface area contributed by atoms with Crippen molar-refractivity contribution in [2.45, 2.75) is 6.92 Å². The van der Waals surface area contributed by atoms with Gasteiger partial charge in [-0.15, -0.1) is 0 Å². The fourth-order valence-corrected chi connectivity index (χ4v) is 2.94. The highest BCUT2D eigenvalue weighted by atomic mass is 31.2. The summed E-state index contributed by atoms with van der Waals surface area (Å²) >= 11 is 0. The van der Waals surface area contributed by atoms with Crippen molar-refractivity contribution in [1.29, 1.82) is 0 Å². The zero-order chi connectivity index (χ0) is 14.6. The van der Waals surface area contributed by atoms with Gasteiger partial charge in [-0.3, -0.25) is 9.32 Å². The molecular formula is C15H15O4P. The first-order chi connectivity index (χ1) is 9.63. The molecule has 1 atom stereocenters. The van der Waals surface area contributed by atoms with Crippen LogP contribution in [0, 0.1) is 0 Å². The van der Waals surface area contributed by atoms with E-state index < -0.39 is 7.60 Å². The molecule has 0 aliphatic carbocycles. The molecule has 4 nitrogen and oxygen atoms in total. The molecule has 104 valence electrons. The molecule has 0 saturated heterocycles. The monoisotopic (exact) mass is 290 g/mol. The Morgan fingerprint density at radius 2 is 2.00 bits per heavy atom. The van der Waals surface area contributed by atoms with E-state index in [-0.39, 0.29) is 12.4 Å². The number of aldehydes is 1. The van der Waals surface area contributed by atoms with Crippen LogP contribution in [0.3, 0.4) is 0 Å². The largest absolute Gasteiger partial charge is 0.421 e. The van der Waals surface area contributed by atoms with Crippen molar-refractivity contribution < 1.29 is 18.4 Å². The molecule has 0 aliphatic rings. The van der Waals surface area contributed by atoms with Gasteiger partial charge in [-0.05, 0) is 23.8 Å². The smallest absolute Gasteiger partial charge is 0.402 e. The van der Waals surface area contributed by atoms with Gasteiger partial charge in [0.1, 0.15) is 5.75 Å². The van der Waals surface area contributed by atoms with Gasteiger partial charge in [0.05, 0.1) is 12.2 Å². The molecule has 0 radical (unpaired) electrons. The van der Waals surface area contributed by atoms with Gasteiger partial charge < -0.3 is 4.52 Å². The van der Waals surface area contributed by atoms with E-state index in [1.54, 1.807) is 19.1 Å². The van der Waals surface area contributed by atoms with Crippen LogP contribution in [-0.4, -0.2) is 12.9 Å². The molecule has 0 amide bonds. The molecule has 0 spiro atoms. The molecule has 1 unspecified atom stereocenters. The summed E-state index contributed by atoms with van der Waals surface area (Å²) in [5, 5.41) is 1.65. The summed E-state index contributed by atoms with van der Waals surface area (Å²) in [4.78, 5) is 11.3. The minimum atomic E-state index is -3.44. The maximum Gasteiger partial charge on any atom is 0.402 e. The number of rotatable bonds is 6. The van der Waals surface area contributed by atoms with Crippen molar-refractivity contribution in [2.24, 2.45) is 0 Å². The Morgan fingerprint density at radius 1 is 1.25 bits per heavy atom. The average Bonchev–Trinajstić information content (AvgIpc) is 2.47. The van der Waals surface area contributed by atoms with Gasteiger partial charge in [0.2, 0.25) is 0 Å². The zero-order valence-electron chi connectivity index (χ0n) is 11.1. The van der Waals surface area contributed by atoms with Crippen molar-refractivity contribution in [3.05, 3.63) is 54.4 Å². The van der Waals surface area contributed by atoms with Crippen LogP contribution in [0.4, 0.5) is 0 Å². The fraction of sp³-hybridized carbons (Fsp3) is 0.133. The van der Waals surface area contributed by atoms with Crippen molar-refractivity contribution in [3.63, 3.8) is 0 Å². The number of hydrogen-bond donors (Lipinski definition) is 0. The first-order valence-electron chi connectivity index (χ1n) is 6.18. The second-order valence-electron chi connectivity index (χ2n) is 4.05. The highest BCUT2D eigenvalue weighted by Gasteiger charge is 2.23. The third-order valence-corrected chi connectivity index (χ3v) is 4.32. The maximum absolute atomic E-state index is 12.3. The van der Waals surface area contributed by atoms with Crippen molar-refractivity contribution in [3.8, 4) is 5.75 Å². The van der Waals surface area contributed by atoms with E-state index in [4.69, 9.17) is 9.05 Å². The van der Waals surface area contributed by atoms with Crippen LogP contribution >= 0.6 is 7.60 Å². The summed E-state index contributed by atoms with van der Waals surface area (Å²) in [6, 6.07) is 10.8. The maximum atomic E-state index is 12.3. The summed E-state index contributed by atoms with van der Waals surface area (Å²) in [6.45, 7) is 5.40. The van der Waals surface area contributed by atoms with E-state index in [0.29, 0.717) is 11.8 Å². The third kappa shape index (κ3) is 2.82. The molecule has 0 fully saturated rings. The van der Waals surface area contributed by atoms with Crippen LogP contribution in [0.25, 0.3) is 10.8 Å². The molecule has 2 rings (SSSR count). The third-order valence-electron chi connectivity index (χ3n) is 2.81. The lowest BCUT2D eigenvalue weighted by atomic mass is 10.0. The van der Waals surface area contributed by atoms with Crippen LogP contribution in [-0.2, 0) is 9.09 Å². The lowest BCUT2D eigenvalue weighted by Crippen LogP contribution is -1.98. The molecule has 0 heterocycles. The van der Waals surface area contributed by atoms with E-state index in [9.17, 15) is 9.36 Å². The van der Waals surface area contributed by atoms with E-state index in [1.807, 2.05) is 24.3 Å². The Labute approximate surface area is 117 Å². The zero-order valence-corrected chi connectivity index (χ0v) is 12.0. The minimum absolute atomic E-state index is 0.229. The Kier molecular flexibility index (Phi) is 4.38. The van der Waals surface area contributed by atoms with E-state index >= 15 is 0 Å². The van der Waals surface area contributed by atoms with Crippen molar-refractivity contribution >= 4 is 24.7 Å². The second-order valence-corrected chi connectivity index (χ2v) is 5.93. The van der Waals surface area contributed by atoms with Crippen molar-refractivity contribution in [2.75, 3.05) is 6.61 Å². The van der Waals surface area contributed by atoms with Gasteiger partial charge in [0.25, 0.3) is 0 Å². The summed E-state index contributed by atoms with van der Waals surface area (Å²) in [5.74, 6) is 1.37. The van der Waals surface area contributed by atoms with Crippen LogP contribution in [0.5, 0.6) is 5.75 Å². The van der Waals surface area contributed by atoms with E-state index in [1.165, 1.54) is 0 Å². The molecule has 2 aromatic rings.